The summed E-state index contributed by atoms with van der Waals surface area (Å²) in [5.41, 5.74) is 1.66. The first-order chi connectivity index (χ1) is 8.40. The van der Waals surface area contributed by atoms with Crippen LogP contribution in [0, 0.1) is 6.92 Å². The average molecular weight is 261 g/mol. The van der Waals surface area contributed by atoms with E-state index in [9.17, 15) is 13.2 Å². The van der Waals surface area contributed by atoms with Gasteiger partial charge in [-0.1, -0.05) is 0 Å². The number of aromatic nitrogens is 1. The van der Waals surface area contributed by atoms with Gasteiger partial charge in [-0.15, -0.1) is 0 Å². The Kier molecular flexibility index (Phi) is 5.55. The summed E-state index contributed by atoms with van der Waals surface area (Å²) in [6.07, 6.45) is -2.55. The van der Waals surface area contributed by atoms with Gasteiger partial charge in [-0.3, -0.25) is 9.88 Å². The van der Waals surface area contributed by atoms with E-state index in [1.54, 1.807) is 19.3 Å². The lowest BCUT2D eigenvalue weighted by atomic mass is 10.2. The fourth-order valence-electron chi connectivity index (χ4n) is 1.70. The summed E-state index contributed by atoms with van der Waals surface area (Å²) in [4.78, 5) is 5.41. The third-order valence-electron chi connectivity index (χ3n) is 2.45. The summed E-state index contributed by atoms with van der Waals surface area (Å²) in [7, 11) is 1.72. The van der Waals surface area contributed by atoms with Crippen LogP contribution >= 0.6 is 0 Å². The van der Waals surface area contributed by atoms with Gasteiger partial charge in [0.15, 0.2) is 0 Å². The lowest BCUT2D eigenvalue weighted by molar-refractivity contribution is -0.146. The third kappa shape index (κ3) is 5.97. The van der Waals surface area contributed by atoms with Crippen molar-refractivity contribution in [3.63, 3.8) is 0 Å². The maximum Gasteiger partial charge on any atom is 0.401 e. The van der Waals surface area contributed by atoms with Gasteiger partial charge < -0.3 is 5.32 Å². The molecule has 0 atom stereocenters. The molecule has 102 valence electrons. The van der Waals surface area contributed by atoms with Crippen LogP contribution in [-0.2, 0) is 6.54 Å². The fourth-order valence-corrected chi connectivity index (χ4v) is 1.70. The maximum atomic E-state index is 12.4. The highest BCUT2D eigenvalue weighted by molar-refractivity contribution is 5.15. The zero-order valence-corrected chi connectivity index (χ0v) is 10.6. The Balaban J connectivity index is 2.65. The van der Waals surface area contributed by atoms with E-state index in [0.717, 1.165) is 11.3 Å². The van der Waals surface area contributed by atoms with Crippen LogP contribution in [0.25, 0.3) is 0 Å². The molecular formula is C12H18F3N3. The molecule has 0 aliphatic carbocycles. The lowest BCUT2D eigenvalue weighted by Crippen LogP contribution is -2.37. The number of rotatable bonds is 6. The number of alkyl halides is 3. The molecule has 0 aliphatic heterocycles. The number of hydrogen-bond acceptors (Lipinski definition) is 3. The molecule has 0 amide bonds. The molecule has 6 heteroatoms. The molecule has 0 bridgehead atoms. The maximum absolute atomic E-state index is 12.4. The van der Waals surface area contributed by atoms with E-state index in [0.29, 0.717) is 13.1 Å². The second-order valence-corrected chi connectivity index (χ2v) is 4.23. The van der Waals surface area contributed by atoms with Gasteiger partial charge in [-0.2, -0.15) is 13.2 Å². The molecule has 0 radical (unpaired) electrons. The van der Waals surface area contributed by atoms with E-state index in [4.69, 9.17) is 0 Å². The molecule has 0 aromatic carbocycles. The van der Waals surface area contributed by atoms with Gasteiger partial charge in [0.25, 0.3) is 0 Å². The molecule has 1 rings (SSSR count). The highest BCUT2D eigenvalue weighted by Gasteiger charge is 2.30. The molecule has 1 aromatic heterocycles. The summed E-state index contributed by atoms with van der Waals surface area (Å²) in [6, 6.07) is 3.55. The van der Waals surface area contributed by atoms with Gasteiger partial charge in [-0.05, 0) is 31.7 Å². The van der Waals surface area contributed by atoms with Crippen LogP contribution < -0.4 is 5.32 Å². The number of nitrogens with zero attached hydrogens (tertiary/aromatic N) is 2. The highest BCUT2D eigenvalue weighted by Crippen LogP contribution is 2.17. The van der Waals surface area contributed by atoms with Crippen LogP contribution in [0.2, 0.25) is 0 Å². The van der Waals surface area contributed by atoms with Gasteiger partial charge in [0.1, 0.15) is 0 Å². The van der Waals surface area contributed by atoms with Crippen molar-refractivity contribution < 1.29 is 13.2 Å². The quantitative estimate of drug-likeness (QED) is 0.848. The van der Waals surface area contributed by atoms with E-state index in [1.165, 1.54) is 4.90 Å². The molecule has 0 saturated heterocycles. The van der Waals surface area contributed by atoms with Crippen molar-refractivity contribution in [3.05, 3.63) is 29.6 Å². The Morgan fingerprint density at radius 2 is 2.11 bits per heavy atom. The molecule has 0 spiro atoms. The first kappa shape index (κ1) is 14.9. The van der Waals surface area contributed by atoms with Gasteiger partial charge in [0.05, 0.1) is 6.54 Å². The molecule has 0 saturated carbocycles. The fraction of sp³-hybridized carbons (Fsp3) is 0.583. The first-order valence-electron chi connectivity index (χ1n) is 5.76. The largest absolute Gasteiger partial charge is 0.401 e. The molecule has 1 aromatic rings. The number of likely N-dealkylation sites (N-methyl/N-ethyl adjacent to an activating group) is 1. The van der Waals surface area contributed by atoms with Crippen LogP contribution in [0.4, 0.5) is 13.2 Å². The van der Waals surface area contributed by atoms with Crippen molar-refractivity contribution in [2.75, 3.05) is 26.7 Å². The van der Waals surface area contributed by atoms with Crippen molar-refractivity contribution in [3.8, 4) is 0 Å². The minimum atomic E-state index is -4.17. The van der Waals surface area contributed by atoms with Gasteiger partial charge in [0, 0.05) is 31.5 Å². The van der Waals surface area contributed by atoms with E-state index in [2.05, 4.69) is 10.3 Å². The Morgan fingerprint density at radius 3 is 2.67 bits per heavy atom. The van der Waals surface area contributed by atoms with E-state index in [-0.39, 0.29) is 6.54 Å². The van der Waals surface area contributed by atoms with Crippen LogP contribution in [0.5, 0.6) is 0 Å². The second kappa shape index (κ2) is 6.70. The Hall–Kier alpha value is -1.14. The molecule has 3 nitrogen and oxygen atoms in total. The molecule has 0 unspecified atom stereocenters. The predicted octanol–water partition coefficient (Wildman–Crippen LogP) is 1.97. The summed E-state index contributed by atoms with van der Waals surface area (Å²) in [5.74, 6) is 0. The Labute approximate surface area is 105 Å². The average Bonchev–Trinajstić information content (AvgIpc) is 2.24. The van der Waals surface area contributed by atoms with Gasteiger partial charge >= 0.3 is 6.18 Å². The number of pyridine rings is 1. The van der Waals surface area contributed by atoms with Crippen molar-refractivity contribution in [1.82, 2.24) is 15.2 Å². The third-order valence-corrected chi connectivity index (χ3v) is 2.45. The minimum Gasteiger partial charge on any atom is -0.318 e. The van der Waals surface area contributed by atoms with Crippen molar-refractivity contribution in [1.29, 1.82) is 0 Å². The highest BCUT2D eigenvalue weighted by atomic mass is 19.4. The summed E-state index contributed by atoms with van der Waals surface area (Å²) in [6.45, 7) is 2.10. The van der Waals surface area contributed by atoms with Gasteiger partial charge in [0.2, 0.25) is 0 Å². The number of halogens is 3. The Morgan fingerprint density at radius 1 is 1.39 bits per heavy atom. The molecule has 0 aliphatic rings. The normalized spacial score (nSPS) is 12.1. The second-order valence-electron chi connectivity index (χ2n) is 4.23. The Bertz CT molecular complexity index is 366. The molecule has 0 fully saturated rings. The van der Waals surface area contributed by atoms with E-state index < -0.39 is 12.7 Å². The summed E-state index contributed by atoms with van der Waals surface area (Å²) in [5, 5.41) is 2.86. The SMILES string of the molecule is CNCCN(Cc1ccnc(C)c1)CC(F)(F)F. The minimum absolute atomic E-state index is 0.282. The van der Waals surface area contributed by atoms with Crippen molar-refractivity contribution >= 4 is 0 Å². The van der Waals surface area contributed by atoms with Gasteiger partial charge in [-0.25, -0.2) is 0 Å². The molecular weight excluding hydrogens is 243 g/mol. The number of nitrogens with one attached hydrogen (secondary N) is 1. The standard InChI is InChI=1S/C12H18F3N3/c1-10-7-11(3-4-17-10)8-18(6-5-16-2)9-12(13,14)15/h3-4,7,16H,5-6,8-9H2,1-2H3. The summed E-state index contributed by atoms with van der Waals surface area (Å²) < 4.78 is 37.3. The molecule has 1 N–H and O–H groups in total. The summed E-state index contributed by atoms with van der Waals surface area (Å²) >= 11 is 0. The monoisotopic (exact) mass is 261 g/mol. The number of aryl methyl sites for hydroxylation is 1. The van der Waals surface area contributed by atoms with E-state index in [1.807, 2.05) is 13.0 Å². The zero-order chi connectivity index (χ0) is 13.6. The first-order valence-corrected chi connectivity index (χ1v) is 5.76. The van der Waals surface area contributed by atoms with Crippen LogP contribution in [-0.4, -0.2) is 42.7 Å². The molecule has 18 heavy (non-hydrogen) atoms. The van der Waals surface area contributed by atoms with Crippen LogP contribution in [0.1, 0.15) is 11.3 Å². The van der Waals surface area contributed by atoms with Crippen molar-refractivity contribution in [2.24, 2.45) is 0 Å². The smallest absolute Gasteiger partial charge is 0.318 e. The topological polar surface area (TPSA) is 28.2 Å². The predicted molar refractivity (Wildman–Crippen MR) is 64.2 cm³/mol. The number of hydrogen-bond donors (Lipinski definition) is 1. The zero-order valence-electron chi connectivity index (χ0n) is 10.6. The van der Waals surface area contributed by atoms with E-state index >= 15 is 0 Å². The van der Waals surface area contributed by atoms with Crippen LogP contribution in [0.3, 0.4) is 0 Å². The molecule has 1 heterocycles. The lowest BCUT2D eigenvalue weighted by Gasteiger charge is -2.23. The van der Waals surface area contributed by atoms with Crippen LogP contribution in [0.15, 0.2) is 18.3 Å². The van der Waals surface area contributed by atoms with Crippen molar-refractivity contribution in [2.45, 2.75) is 19.6 Å².